The number of halogens is 2. The molecule has 3 nitrogen and oxygen atoms in total. The highest BCUT2D eigenvalue weighted by atomic mass is 35.5. The number of benzene rings is 1. The predicted octanol–water partition coefficient (Wildman–Crippen LogP) is 2.94. The van der Waals surface area contributed by atoms with Gasteiger partial charge in [0.05, 0.1) is 5.69 Å². The summed E-state index contributed by atoms with van der Waals surface area (Å²) in [4.78, 5) is 11.5. The SMILES string of the molecule is NCCCCCC(=O)Nc1cc(Cl)ccc1F. The number of anilines is 1. The molecule has 0 heterocycles. The quantitative estimate of drug-likeness (QED) is 0.771. The molecular formula is C12H16ClFN2O. The average molecular weight is 259 g/mol. The Morgan fingerprint density at radius 3 is 2.82 bits per heavy atom. The Morgan fingerprint density at radius 1 is 1.35 bits per heavy atom. The molecule has 3 N–H and O–H groups in total. The van der Waals surface area contributed by atoms with Crippen molar-refractivity contribution in [3.05, 3.63) is 29.0 Å². The van der Waals surface area contributed by atoms with E-state index >= 15 is 0 Å². The molecule has 0 saturated heterocycles. The first-order valence-corrected chi connectivity index (χ1v) is 5.96. The first-order chi connectivity index (χ1) is 8.13. The van der Waals surface area contributed by atoms with Crippen LogP contribution in [0.2, 0.25) is 5.02 Å². The third-order valence-electron chi connectivity index (χ3n) is 2.31. The fraction of sp³-hybridized carbons (Fsp3) is 0.417. The molecule has 5 heteroatoms. The van der Waals surface area contributed by atoms with E-state index in [1.807, 2.05) is 0 Å². The number of hydrogen-bond donors (Lipinski definition) is 2. The van der Waals surface area contributed by atoms with Crippen molar-refractivity contribution in [2.24, 2.45) is 5.73 Å². The van der Waals surface area contributed by atoms with Gasteiger partial charge >= 0.3 is 0 Å². The Bertz CT molecular complexity index is 385. The molecule has 0 aliphatic carbocycles. The maximum absolute atomic E-state index is 13.3. The van der Waals surface area contributed by atoms with Crippen molar-refractivity contribution < 1.29 is 9.18 Å². The molecule has 1 rings (SSSR count). The fourth-order valence-corrected chi connectivity index (χ4v) is 1.58. The van der Waals surface area contributed by atoms with Crippen molar-refractivity contribution in [3.63, 3.8) is 0 Å². The molecule has 17 heavy (non-hydrogen) atoms. The van der Waals surface area contributed by atoms with Crippen molar-refractivity contribution in [3.8, 4) is 0 Å². The zero-order valence-electron chi connectivity index (χ0n) is 9.51. The van der Waals surface area contributed by atoms with E-state index in [2.05, 4.69) is 5.32 Å². The third-order valence-corrected chi connectivity index (χ3v) is 2.55. The van der Waals surface area contributed by atoms with Crippen LogP contribution in [0.5, 0.6) is 0 Å². The van der Waals surface area contributed by atoms with Crippen molar-refractivity contribution >= 4 is 23.2 Å². The number of nitrogens with two attached hydrogens (primary N) is 1. The zero-order valence-corrected chi connectivity index (χ0v) is 10.3. The highest BCUT2D eigenvalue weighted by Crippen LogP contribution is 2.19. The van der Waals surface area contributed by atoms with E-state index in [0.717, 1.165) is 19.3 Å². The Balaban J connectivity index is 2.42. The van der Waals surface area contributed by atoms with Gasteiger partial charge in [-0.25, -0.2) is 4.39 Å². The summed E-state index contributed by atoms with van der Waals surface area (Å²) in [5.41, 5.74) is 5.47. The van der Waals surface area contributed by atoms with Crippen molar-refractivity contribution in [2.75, 3.05) is 11.9 Å². The lowest BCUT2D eigenvalue weighted by Gasteiger charge is -2.06. The lowest BCUT2D eigenvalue weighted by Crippen LogP contribution is -2.12. The molecule has 0 radical (unpaired) electrons. The number of carbonyl (C=O) groups excluding carboxylic acids is 1. The van der Waals surface area contributed by atoms with Crippen LogP contribution >= 0.6 is 11.6 Å². The molecule has 0 spiro atoms. The maximum atomic E-state index is 13.3. The summed E-state index contributed by atoms with van der Waals surface area (Å²) in [6.07, 6.45) is 2.93. The van der Waals surface area contributed by atoms with Crippen molar-refractivity contribution in [1.82, 2.24) is 0 Å². The molecular weight excluding hydrogens is 243 g/mol. The van der Waals surface area contributed by atoms with E-state index in [4.69, 9.17) is 17.3 Å². The topological polar surface area (TPSA) is 55.1 Å². The molecule has 0 fully saturated rings. The molecule has 1 aromatic carbocycles. The summed E-state index contributed by atoms with van der Waals surface area (Å²) >= 11 is 5.71. The van der Waals surface area contributed by atoms with Crippen molar-refractivity contribution in [1.29, 1.82) is 0 Å². The third kappa shape index (κ3) is 5.15. The van der Waals surface area contributed by atoms with Crippen LogP contribution in [-0.2, 0) is 4.79 Å². The lowest BCUT2D eigenvalue weighted by molar-refractivity contribution is -0.116. The van der Waals surface area contributed by atoms with Crippen molar-refractivity contribution in [2.45, 2.75) is 25.7 Å². The van der Waals surface area contributed by atoms with Crippen LogP contribution < -0.4 is 11.1 Å². The minimum atomic E-state index is -0.482. The smallest absolute Gasteiger partial charge is 0.224 e. The second kappa shape index (κ2) is 7.25. The lowest BCUT2D eigenvalue weighted by atomic mass is 10.2. The zero-order chi connectivity index (χ0) is 12.7. The van der Waals surface area contributed by atoms with Crippen LogP contribution in [0.15, 0.2) is 18.2 Å². The first-order valence-electron chi connectivity index (χ1n) is 5.58. The van der Waals surface area contributed by atoms with Gasteiger partial charge in [0.1, 0.15) is 5.82 Å². The molecule has 0 aromatic heterocycles. The minimum Gasteiger partial charge on any atom is -0.330 e. The highest BCUT2D eigenvalue weighted by molar-refractivity contribution is 6.30. The summed E-state index contributed by atoms with van der Waals surface area (Å²) in [6, 6.07) is 4.06. The predicted molar refractivity (Wildman–Crippen MR) is 67.6 cm³/mol. The molecule has 1 aromatic rings. The number of amides is 1. The molecule has 0 atom stereocenters. The van der Waals surface area contributed by atoms with Gasteiger partial charge in [0.25, 0.3) is 0 Å². The normalized spacial score (nSPS) is 10.3. The van der Waals surface area contributed by atoms with E-state index < -0.39 is 5.82 Å². The second-order valence-corrected chi connectivity index (χ2v) is 4.21. The van der Waals surface area contributed by atoms with Gasteiger partial charge in [-0.15, -0.1) is 0 Å². The number of unbranched alkanes of at least 4 members (excludes halogenated alkanes) is 2. The standard InChI is InChI=1S/C12H16ClFN2O/c13-9-5-6-10(14)11(8-9)16-12(17)4-2-1-3-7-15/h5-6,8H,1-4,7,15H2,(H,16,17). The van der Waals surface area contributed by atoms with Crippen LogP contribution in [-0.4, -0.2) is 12.5 Å². The van der Waals surface area contributed by atoms with Crippen LogP contribution in [0.3, 0.4) is 0 Å². The van der Waals surface area contributed by atoms with E-state index in [9.17, 15) is 9.18 Å². The molecule has 0 saturated carbocycles. The summed E-state index contributed by atoms with van der Waals surface area (Å²) in [5.74, 6) is -0.687. The van der Waals surface area contributed by atoms with Gasteiger partial charge in [0.2, 0.25) is 5.91 Å². The number of carbonyl (C=O) groups is 1. The molecule has 0 aliphatic heterocycles. The average Bonchev–Trinajstić information content (AvgIpc) is 2.29. The highest BCUT2D eigenvalue weighted by Gasteiger charge is 2.07. The first kappa shape index (κ1) is 13.9. The summed E-state index contributed by atoms with van der Waals surface area (Å²) in [5, 5.41) is 2.89. The van der Waals surface area contributed by atoms with Crippen LogP contribution in [0, 0.1) is 5.82 Å². The molecule has 0 unspecified atom stereocenters. The molecule has 0 bridgehead atoms. The van der Waals surface area contributed by atoms with E-state index in [-0.39, 0.29) is 11.6 Å². The van der Waals surface area contributed by atoms with Gasteiger partial charge in [0, 0.05) is 11.4 Å². The fourth-order valence-electron chi connectivity index (χ4n) is 1.41. The van der Waals surface area contributed by atoms with E-state index in [1.54, 1.807) is 0 Å². The van der Waals surface area contributed by atoms with E-state index in [1.165, 1.54) is 18.2 Å². The Morgan fingerprint density at radius 2 is 2.12 bits per heavy atom. The monoisotopic (exact) mass is 258 g/mol. The molecule has 1 amide bonds. The second-order valence-electron chi connectivity index (χ2n) is 3.77. The molecule has 94 valence electrons. The molecule has 0 aliphatic rings. The summed E-state index contributed by atoms with van der Waals surface area (Å²) < 4.78 is 13.3. The number of rotatable bonds is 6. The van der Waals surface area contributed by atoms with Crippen LogP contribution in [0.1, 0.15) is 25.7 Å². The van der Waals surface area contributed by atoms with E-state index in [0.29, 0.717) is 18.0 Å². The number of nitrogens with one attached hydrogen (secondary N) is 1. The van der Waals surface area contributed by atoms with Crippen LogP contribution in [0.25, 0.3) is 0 Å². The van der Waals surface area contributed by atoms with Gasteiger partial charge < -0.3 is 11.1 Å². The van der Waals surface area contributed by atoms with Gasteiger partial charge in [-0.05, 0) is 37.6 Å². The van der Waals surface area contributed by atoms with Gasteiger partial charge in [-0.3, -0.25) is 4.79 Å². The summed E-state index contributed by atoms with van der Waals surface area (Å²) in [7, 11) is 0. The maximum Gasteiger partial charge on any atom is 0.224 e. The van der Waals surface area contributed by atoms with Gasteiger partial charge in [-0.2, -0.15) is 0 Å². The summed E-state index contributed by atoms with van der Waals surface area (Å²) in [6.45, 7) is 0.630. The Kier molecular flexibility index (Phi) is 5.94. The Hall–Kier alpha value is -1.13. The van der Waals surface area contributed by atoms with Gasteiger partial charge in [0.15, 0.2) is 0 Å². The number of hydrogen-bond acceptors (Lipinski definition) is 2. The van der Waals surface area contributed by atoms with Gasteiger partial charge in [-0.1, -0.05) is 18.0 Å². The Labute approximate surface area is 105 Å². The van der Waals surface area contributed by atoms with Crippen LogP contribution in [0.4, 0.5) is 10.1 Å². The minimum absolute atomic E-state index is 0.126. The largest absolute Gasteiger partial charge is 0.330 e.